The fourth-order valence-electron chi connectivity index (χ4n) is 1.96. The van der Waals surface area contributed by atoms with Gasteiger partial charge < -0.3 is 10.1 Å². The number of para-hydroxylation sites is 1. The van der Waals surface area contributed by atoms with Gasteiger partial charge >= 0.3 is 0 Å². The number of benzene rings is 1. The highest BCUT2D eigenvalue weighted by molar-refractivity contribution is 7.89. The molecule has 136 valence electrons. The number of anilines is 1. The van der Waals surface area contributed by atoms with Gasteiger partial charge in [0.15, 0.2) is 0 Å². The number of carbonyl (C=O) groups is 1. The maximum absolute atomic E-state index is 12.5. The van der Waals surface area contributed by atoms with Crippen molar-refractivity contribution in [1.29, 1.82) is 0 Å². The predicted molar refractivity (Wildman–Crippen MR) is 95.4 cm³/mol. The van der Waals surface area contributed by atoms with Crippen molar-refractivity contribution in [3.8, 4) is 0 Å². The Morgan fingerprint density at radius 1 is 1.21 bits per heavy atom. The summed E-state index contributed by atoms with van der Waals surface area (Å²) in [5.41, 5.74) is -0.344. The molecule has 0 atom stereocenters. The van der Waals surface area contributed by atoms with E-state index in [1.54, 1.807) is 39.0 Å². The second kappa shape index (κ2) is 8.60. The van der Waals surface area contributed by atoms with Crippen molar-refractivity contribution in [3.05, 3.63) is 24.3 Å². The van der Waals surface area contributed by atoms with Crippen LogP contribution in [-0.2, 0) is 19.6 Å². The summed E-state index contributed by atoms with van der Waals surface area (Å²) in [6.07, 6.45) is 0.174. The summed E-state index contributed by atoms with van der Waals surface area (Å²) in [6, 6.07) is 6.35. The Balaban J connectivity index is 2.78. The summed E-state index contributed by atoms with van der Waals surface area (Å²) < 4.78 is 33.0. The summed E-state index contributed by atoms with van der Waals surface area (Å²) in [4.78, 5) is 12.1. The number of rotatable bonds is 8. The van der Waals surface area contributed by atoms with Gasteiger partial charge in [-0.1, -0.05) is 26.0 Å². The Kier molecular flexibility index (Phi) is 7.38. The molecule has 7 heteroatoms. The Bertz CT molecular complexity index is 649. The predicted octanol–water partition coefficient (Wildman–Crippen LogP) is 2.76. The Morgan fingerprint density at radius 2 is 1.83 bits per heavy atom. The Morgan fingerprint density at radius 3 is 2.42 bits per heavy atom. The quantitative estimate of drug-likeness (QED) is 0.702. The Hall–Kier alpha value is -1.44. The van der Waals surface area contributed by atoms with Gasteiger partial charge in [-0.25, -0.2) is 13.1 Å². The van der Waals surface area contributed by atoms with E-state index in [0.29, 0.717) is 19.1 Å². The standard InChI is InChI=1S/C17H28N2O4S/c1-13(2)12-23-11-10-16(20)18-14-8-6-7-9-15(14)24(21,22)19-17(3,4)5/h6-9,13,19H,10-12H2,1-5H3,(H,18,20). The molecular formula is C17H28N2O4S. The van der Waals surface area contributed by atoms with Crippen LogP contribution in [0.5, 0.6) is 0 Å². The summed E-state index contributed by atoms with van der Waals surface area (Å²) in [6.45, 7) is 10.2. The van der Waals surface area contributed by atoms with Crippen LogP contribution >= 0.6 is 0 Å². The second-order valence-corrected chi connectivity index (χ2v) is 8.77. The number of hydrogen-bond acceptors (Lipinski definition) is 4. The SMILES string of the molecule is CC(C)COCCC(=O)Nc1ccccc1S(=O)(=O)NC(C)(C)C. The van der Waals surface area contributed by atoms with Crippen LogP contribution < -0.4 is 10.0 Å². The first-order valence-corrected chi connectivity index (χ1v) is 9.50. The van der Waals surface area contributed by atoms with E-state index < -0.39 is 15.6 Å². The molecule has 6 nitrogen and oxygen atoms in total. The third kappa shape index (κ3) is 7.42. The molecule has 0 aliphatic heterocycles. The van der Waals surface area contributed by atoms with E-state index in [1.807, 2.05) is 13.8 Å². The van der Waals surface area contributed by atoms with E-state index in [9.17, 15) is 13.2 Å². The molecule has 0 fully saturated rings. The van der Waals surface area contributed by atoms with Crippen LogP contribution in [0.2, 0.25) is 0 Å². The third-order valence-corrected chi connectivity index (χ3v) is 4.63. The van der Waals surface area contributed by atoms with Crippen LogP contribution in [0.25, 0.3) is 0 Å². The highest BCUT2D eigenvalue weighted by Crippen LogP contribution is 2.22. The van der Waals surface area contributed by atoms with Gasteiger partial charge in [0.2, 0.25) is 15.9 Å². The van der Waals surface area contributed by atoms with Crippen molar-refractivity contribution >= 4 is 21.6 Å². The molecule has 0 radical (unpaired) electrons. The molecular weight excluding hydrogens is 328 g/mol. The minimum Gasteiger partial charge on any atom is -0.381 e. The molecule has 2 N–H and O–H groups in total. The van der Waals surface area contributed by atoms with Crippen molar-refractivity contribution in [2.45, 2.75) is 51.5 Å². The number of amides is 1. The molecule has 0 spiro atoms. The highest BCUT2D eigenvalue weighted by Gasteiger charge is 2.24. The fourth-order valence-corrected chi connectivity index (χ4v) is 3.54. The monoisotopic (exact) mass is 356 g/mol. The second-order valence-electron chi connectivity index (χ2n) is 7.12. The van der Waals surface area contributed by atoms with Crippen LogP contribution in [0.15, 0.2) is 29.2 Å². The van der Waals surface area contributed by atoms with Crippen molar-refractivity contribution < 1.29 is 17.9 Å². The molecule has 1 aromatic carbocycles. The third-order valence-electron chi connectivity index (χ3n) is 2.82. The molecule has 24 heavy (non-hydrogen) atoms. The van der Waals surface area contributed by atoms with Gasteiger partial charge in [-0.2, -0.15) is 0 Å². The van der Waals surface area contributed by atoms with Gasteiger partial charge in [0.05, 0.1) is 18.7 Å². The molecule has 0 aliphatic carbocycles. The molecule has 0 unspecified atom stereocenters. The van der Waals surface area contributed by atoms with Crippen LogP contribution in [0.1, 0.15) is 41.0 Å². The number of ether oxygens (including phenoxy) is 1. The van der Waals surface area contributed by atoms with Crippen LogP contribution in [-0.4, -0.2) is 33.1 Å². The van der Waals surface area contributed by atoms with Gasteiger partial charge in [-0.15, -0.1) is 0 Å². The molecule has 0 bridgehead atoms. The smallest absolute Gasteiger partial charge is 0.243 e. The topological polar surface area (TPSA) is 84.5 Å². The van der Waals surface area contributed by atoms with Gasteiger partial charge in [0.1, 0.15) is 4.90 Å². The lowest BCUT2D eigenvalue weighted by atomic mass is 10.1. The average Bonchev–Trinajstić information content (AvgIpc) is 2.41. The lowest BCUT2D eigenvalue weighted by molar-refractivity contribution is -0.117. The Labute approximate surface area is 145 Å². The van der Waals surface area contributed by atoms with Crippen LogP contribution in [0.3, 0.4) is 0 Å². The maximum Gasteiger partial charge on any atom is 0.243 e. The van der Waals surface area contributed by atoms with E-state index in [2.05, 4.69) is 10.0 Å². The van der Waals surface area contributed by atoms with E-state index >= 15 is 0 Å². The normalized spacial score (nSPS) is 12.4. The van der Waals surface area contributed by atoms with E-state index in [0.717, 1.165) is 0 Å². The maximum atomic E-state index is 12.5. The van der Waals surface area contributed by atoms with Crippen LogP contribution in [0, 0.1) is 5.92 Å². The minimum atomic E-state index is -3.73. The summed E-state index contributed by atoms with van der Waals surface area (Å²) in [5, 5.41) is 2.65. The summed E-state index contributed by atoms with van der Waals surface area (Å²) >= 11 is 0. The summed E-state index contributed by atoms with van der Waals surface area (Å²) in [7, 11) is -3.73. The van der Waals surface area contributed by atoms with Crippen molar-refractivity contribution in [1.82, 2.24) is 4.72 Å². The first kappa shape index (κ1) is 20.6. The van der Waals surface area contributed by atoms with E-state index in [1.165, 1.54) is 6.07 Å². The molecule has 0 saturated carbocycles. The molecule has 1 aromatic rings. The molecule has 0 saturated heterocycles. The molecule has 1 amide bonds. The van der Waals surface area contributed by atoms with Crippen molar-refractivity contribution in [3.63, 3.8) is 0 Å². The van der Waals surface area contributed by atoms with Gasteiger partial charge in [0.25, 0.3) is 0 Å². The lowest BCUT2D eigenvalue weighted by Crippen LogP contribution is -2.40. The molecule has 0 heterocycles. The zero-order valence-corrected chi connectivity index (χ0v) is 15.9. The molecule has 0 aliphatic rings. The number of hydrogen-bond donors (Lipinski definition) is 2. The number of sulfonamides is 1. The molecule has 0 aromatic heterocycles. The molecule has 1 rings (SSSR count). The van der Waals surface area contributed by atoms with Crippen molar-refractivity contribution in [2.24, 2.45) is 5.92 Å². The number of carbonyl (C=O) groups excluding carboxylic acids is 1. The highest BCUT2D eigenvalue weighted by atomic mass is 32.2. The largest absolute Gasteiger partial charge is 0.381 e. The summed E-state index contributed by atoms with van der Waals surface area (Å²) in [5.74, 6) is 0.125. The average molecular weight is 356 g/mol. The van der Waals surface area contributed by atoms with Crippen LogP contribution in [0.4, 0.5) is 5.69 Å². The first-order valence-electron chi connectivity index (χ1n) is 8.02. The van der Waals surface area contributed by atoms with Crippen molar-refractivity contribution in [2.75, 3.05) is 18.5 Å². The number of nitrogens with one attached hydrogen (secondary N) is 2. The van der Waals surface area contributed by atoms with Gasteiger partial charge in [-0.3, -0.25) is 4.79 Å². The van der Waals surface area contributed by atoms with Gasteiger partial charge in [-0.05, 0) is 38.8 Å². The van der Waals surface area contributed by atoms with E-state index in [-0.39, 0.29) is 22.9 Å². The lowest BCUT2D eigenvalue weighted by Gasteiger charge is -2.21. The zero-order valence-electron chi connectivity index (χ0n) is 15.0. The fraction of sp³-hybridized carbons (Fsp3) is 0.588. The zero-order chi connectivity index (χ0) is 18.4. The van der Waals surface area contributed by atoms with E-state index in [4.69, 9.17) is 4.74 Å². The van der Waals surface area contributed by atoms with Gasteiger partial charge in [0, 0.05) is 12.1 Å². The first-order chi connectivity index (χ1) is 11.0. The minimum absolute atomic E-state index is 0.0522.